The Morgan fingerprint density at radius 2 is 2.37 bits per heavy atom. The van der Waals surface area contributed by atoms with E-state index in [2.05, 4.69) is 0 Å². The first kappa shape index (κ1) is 13.6. The second kappa shape index (κ2) is 5.88. The van der Waals surface area contributed by atoms with Crippen molar-refractivity contribution in [3.05, 3.63) is 24.2 Å². The summed E-state index contributed by atoms with van der Waals surface area (Å²) in [5.74, 6) is -0.0109. The average molecular weight is 266 g/mol. The highest BCUT2D eigenvalue weighted by Crippen LogP contribution is 2.16. The lowest BCUT2D eigenvalue weighted by molar-refractivity contribution is -0.140. The maximum absolute atomic E-state index is 11.9. The van der Waals surface area contributed by atoms with E-state index in [1.165, 1.54) is 0 Å². The molecule has 1 saturated heterocycles. The second-order valence-corrected chi connectivity index (χ2v) is 4.85. The van der Waals surface area contributed by atoms with Gasteiger partial charge in [-0.25, -0.2) is 0 Å². The molecule has 1 aliphatic heterocycles. The second-order valence-electron chi connectivity index (χ2n) is 4.85. The smallest absolute Gasteiger partial charge is 0.303 e. The minimum absolute atomic E-state index is 0.0467. The summed E-state index contributed by atoms with van der Waals surface area (Å²) >= 11 is 0. The molecule has 1 fully saturated rings. The molecule has 0 radical (unpaired) electrons. The molecule has 6 heteroatoms. The Labute approximate surface area is 111 Å². The zero-order chi connectivity index (χ0) is 13.8. The maximum Gasteiger partial charge on any atom is 0.303 e. The first-order chi connectivity index (χ1) is 9.06. The van der Waals surface area contributed by atoms with Gasteiger partial charge in [-0.15, -0.1) is 0 Å². The van der Waals surface area contributed by atoms with Gasteiger partial charge in [0.1, 0.15) is 5.76 Å². The number of likely N-dealkylation sites (N-methyl/N-ethyl adjacent to an activating group) is 1. The van der Waals surface area contributed by atoms with Crippen molar-refractivity contribution in [2.45, 2.75) is 25.4 Å². The normalized spacial score (nSPS) is 20.8. The molecule has 0 aliphatic carbocycles. The van der Waals surface area contributed by atoms with Crippen molar-refractivity contribution >= 4 is 11.9 Å². The van der Waals surface area contributed by atoms with Crippen molar-refractivity contribution in [2.75, 3.05) is 20.1 Å². The minimum atomic E-state index is -0.803. The topological polar surface area (TPSA) is 74.0 Å². The van der Waals surface area contributed by atoms with Crippen LogP contribution in [-0.4, -0.2) is 53.0 Å². The summed E-state index contributed by atoms with van der Waals surface area (Å²) < 4.78 is 5.24. The molecule has 1 unspecified atom stereocenters. The molecule has 0 saturated carbocycles. The standard InChI is InChI=1S/C13H18N2O4/c1-14-9-12(16)15(8-11-3-2-6-19-11)7-10(14)4-5-13(17)18/h2-3,6,10H,4-5,7-9H2,1H3,(H,17,18). The van der Waals surface area contributed by atoms with Crippen molar-refractivity contribution in [3.63, 3.8) is 0 Å². The Morgan fingerprint density at radius 1 is 1.58 bits per heavy atom. The number of piperazine rings is 1. The van der Waals surface area contributed by atoms with E-state index >= 15 is 0 Å². The number of hydrogen-bond donors (Lipinski definition) is 1. The van der Waals surface area contributed by atoms with E-state index in [1.807, 2.05) is 18.0 Å². The third-order valence-electron chi connectivity index (χ3n) is 3.41. The summed E-state index contributed by atoms with van der Waals surface area (Å²) in [5, 5.41) is 8.74. The highest BCUT2D eigenvalue weighted by molar-refractivity contribution is 5.79. The summed E-state index contributed by atoms with van der Waals surface area (Å²) in [6, 6.07) is 3.71. The van der Waals surface area contributed by atoms with Crippen LogP contribution in [0.1, 0.15) is 18.6 Å². The van der Waals surface area contributed by atoms with Crippen molar-refractivity contribution in [1.29, 1.82) is 0 Å². The largest absolute Gasteiger partial charge is 0.481 e. The Hall–Kier alpha value is -1.82. The predicted octanol–water partition coefficient (Wildman–Crippen LogP) is 0.787. The van der Waals surface area contributed by atoms with Crippen LogP contribution in [0.2, 0.25) is 0 Å². The minimum Gasteiger partial charge on any atom is -0.481 e. The number of rotatable bonds is 5. The molecule has 1 N–H and O–H groups in total. The zero-order valence-corrected chi connectivity index (χ0v) is 10.9. The molecule has 104 valence electrons. The van der Waals surface area contributed by atoms with Crippen molar-refractivity contribution in [2.24, 2.45) is 0 Å². The van der Waals surface area contributed by atoms with Gasteiger partial charge in [-0.2, -0.15) is 0 Å². The van der Waals surface area contributed by atoms with Gasteiger partial charge in [0, 0.05) is 19.0 Å². The molecular formula is C13H18N2O4. The van der Waals surface area contributed by atoms with Gasteiger partial charge in [0.25, 0.3) is 0 Å². The van der Waals surface area contributed by atoms with E-state index in [4.69, 9.17) is 9.52 Å². The van der Waals surface area contributed by atoms with Crippen LogP contribution in [0.5, 0.6) is 0 Å². The van der Waals surface area contributed by atoms with Gasteiger partial charge in [0.15, 0.2) is 0 Å². The number of carboxylic acid groups (broad SMARTS) is 1. The van der Waals surface area contributed by atoms with Gasteiger partial charge in [-0.05, 0) is 25.6 Å². The van der Waals surface area contributed by atoms with E-state index in [0.29, 0.717) is 26.1 Å². The van der Waals surface area contributed by atoms with Crippen LogP contribution in [-0.2, 0) is 16.1 Å². The predicted molar refractivity (Wildman–Crippen MR) is 67.4 cm³/mol. The van der Waals surface area contributed by atoms with Crippen LogP contribution in [0.15, 0.2) is 22.8 Å². The van der Waals surface area contributed by atoms with E-state index in [1.54, 1.807) is 17.2 Å². The van der Waals surface area contributed by atoms with Gasteiger partial charge in [-0.1, -0.05) is 0 Å². The molecule has 1 amide bonds. The summed E-state index contributed by atoms with van der Waals surface area (Å²) in [6.07, 6.45) is 2.25. The van der Waals surface area contributed by atoms with Crippen LogP contribution >= 0.6 is 0 Å². The van der Waals surface area contributed by atoms with Crippen LogP contribution in [0.3, 0.4) is 0 Å². The number of carbonyl (C=O) groups excluding carboxylic acids is 1. The lowest BCUT2D eigenvalue weighted by atomic mass is 10.1. The quantitative estimate of drug-likeness (QED) is 0.852. The van der Waals surface area contributed by atoms with E-state index in [9.17, 15) is 9.59 Å². The van der Waals surface area contributed by atoms with E-state index in [-0.39, 0.29) is 18.4 Å². The van der Waals surface area contributed by atoms with E-state index in [0.717, 1.165) is 5.76 Å². The molecule has 1 aromatic rings. The molecule has 1 atom stereocenters. The van der Waals surface area contributed by atoms with Crippen LogP contribution in [0.25, 0.3) is 0 Å². The molecule has 2 rings (SSSR count). The summed E-state index contributed by atoms with van der Waals surface area (Å²) in [6.45, 7) is 1.32. The third kappa shape index (κ3) is 3.57. The molecule has 0 spiro atoms. The molecular weight excluding hydrogens is 248 g/mol. The first-order valence-electron chi connectivity index (χ1n) is 6.28. The van der Waals surface area contributed by atoms with Gasteiger partial charge in [0.05, 0.1) is 19.4 Å². The number of carbonyl (C=O) groups is 2. The number of carboxylic acids is 1. The Kier molecular flexibility index (Phi) is 4.21. The molecule has 2 heterocycles. The molecule has 0 bridgehead atoms. The molecule has 0 aromatic carbocycles. The fourth-order valence-electron chi connectivity index (χ4n) is 2.28. The third-order valence-corrected chi connectivity index (χ3v) is 3.41. The number of furan rings is 1. The van der Waals surface area contributed by atoms with Crippen molar-refractivity contribution in [3.8, 4) is 0 Å². The fraction of sp³-hybridized carbons (Fsp3) is 0.538. The summed E-state index contributed by atoms with van der Waals surface area (Å²) in [7, 11) is 1.86. The monoisotopic (exact) mass is 266 g/mol. The fourth-order valence-corrected chi connectivity index (χ4v) is 2.28. The Bertz CT molecular complexity index is 444. The highest BCUT2D eigenvalue weighted by atomic mass is 16.4. The van der Waals surface area contributed by atoms with Crippen LogP contribution in [0.4, 0.5) is 0 Å². The Balaban J connectivity index is 1.95. The number of nitrogens with zero attached hydrogens (tertiary/aromatic N) is 2. The highest BCUT2D eigenvalue weighted by Gasteiger charge is 2.30. The number of hydrogen-bond acceptors (Lipinski definition) is 4. The van der Waals surface area contributed by atoms with Gasteiger partial charge < -0.3 is 14.4 Å². The van der Waals surface area contributed by atoms with Gasteiger partial charge in [-0.3, -0.25) is 14.5 Å². The average Bonchev–Trinajstić information content (AvgIpc) is 2.83. The number of amides is 1. The summed E-state index contributed by atoms with van der Waals surface area (Å²) in [5.41, 5.74) is 0. The summed E-state index contributed by atoms with van der Waals surface area (Å²) in [4.78, 5) is 26.2. The van der Waals surface area contributed by atoms with Crippen LogP contribution in [0, 0.1) is 0 Å². The van der Waals surface area contributed by atoms with Crippen LogP contribution < -0.4 is 0 Å². The van der Waals surface area contributed by atoms with Gasteiger partial charge in [0.2, 0.25) is 5.91 Å². The SMILES string of the molecule is CN1CC(=O)N(Cc2ccco2)CC1CCC(=O)O. The number of aliphatic carboxylic acids is 1. The Morgan fingerprint density at radius 3 is 3.00 bits per heavy atom. The lowest BCUT2D eigenvalue weighted by Crippen LogP contribution is -2.54. The first-order valence-corrected chi connectivity index (χ1v) is 6.28. The van der Waals surface area contributed by atoms with Crippen molar-refractivity contribution < 1.29 is 19.1 Å². The molecule has 1 aliphatic rings. The van der Waals surface area contributed by atoms with E-state index < -0.39 is 5.97 Å². The lowest BCUT2D eigenvalue weighted by Gasteiger charge is -2.38. The molecule has 19 heavy (non-hydrogen) atoms. The zero-order valence-electron chi connectivity index (χ0n) is 10.9. The molecule has 1 aromatic heterocycles. The molecule has 6 nitrogen and oxygen atoms in total. The van der Waals surface area contributed by atoms with Gasteiger partial charge >= 0.3 is 5.97 Å². The maximum atomic E-state index is 11.9. The van der Waals surface area contributed by atoms with Crippen molar-refractivity contribution in [1.82, 2.24) is 9.80 Å².